The number of hydrogen-bond donors (Lipinski definition) is 1. The Morgan fingerprint density at radius 1 is 0.680 bits per heavy atom. The number of benzene rings is 2. The molecule has 0 aliphatic heterocycles. The summed E-state index contributed by atoms with van der Waals surface area (Å²) in [5.41, 5.74) is 0.626. The molecule has 0 saturated carbocycles. The van der Waals surface area contributed by atoms with Crippen LogP contribution in [-0.4, -0.2) is 16.8 Å². The maximum Gasteiger partial charge on any atom is 0.259 e. The summed E-state index contributed by atoms with van der Waals surface area (Å²) in [6.45, 7) is 1.61. The molecule has 0 atom stereocenters. The van der Waals surface area contributed by atoms with E-state index in [1.807, 2.05) is 0 Å². The lowest BCUT2D eigenvalue weighted by Crippen LogP contribution is -2.32. The Kier molecular flexibility index (Phi) is 4.90. The fourth-order valence-electron chi connectivity index (χ4n) is 1.77. The van der Waals surface area contributed by atoms with Crippen LogP contribution in [0.2, 0.25) is 0 Å². The molecule has 1 N–H and O–H groups in total. The van der Waals surface area contributed by atoms with Crippen molar-refractivity contribution in [3.05, 3.63) is 58.9 Å². The topological polar surface area (TPSA) is 80.3 Å². The van der Waals surface area contributed by atoms with Crippen molar-refractivity contribution in [2.24, 2.45) is 0 Å². The van der Waals surface area contributed by atoms with Crippen LogP contribution in [0.25, 0.3) is 0 Å². The molecule has 0 unspecified atom stereocenters. The standard InChI is InChI=1S/C13H8F5NO4S2/c1-6-2-4-7(5-3-6)24(20,21)19-25(22,23)13-11(17)9(15)8(14)10(16)12(13)18/h2-5,19H,1H3. The molecule has 136 valence electrons. The maximum absolute atomic E-state index is 13.6. The van der Waals surface area contributed by atoms with Crippen molar-refractivity contribution in [3.63, 3.8) is 0 Å². The largest absolute Gasteiger partial charge is 0.259 e. The van der Waals surface area contributed by atoms with E-state index in [4.69, 9.17) is 0 Å². The van der Waals surface area contributed by atoms with Crippen LogP contribution in [-0.2, 0) is 20.0 Å². The molecule has 25 heavy (non-hydrogen) atoms. The molecule has 0 amide bonds. The van der Waals surface area contributed by atoms with Crippen LogP contribution >= 0.6 is 0 Å². The summed E-state index contributed by atoms with van der Waals surface area (Å²) in [7, 11) is -10.5. The molecule has 0 aromatic heterocycles. The molecule has 0 spiro atoms. The second-order valence-corrected chi connectivity index (χ2v) is 8.36. The van der Waals surface area contributed by atoms with Crippen molar-refractivity contribution < 1.29 is 38.8 Å². The van der Waals surface area contributed by atoms with E-state index in [1.54, 1.807) is 6.92 Å². The zero-order valence-corrected chi connectivity index (χ0v) is 13.8. The molecule has 0 bridgehead atoms. The Hall–Kier alpha value is -2.05. The highest BCUT2D eigenvalue weighted by Gasteiger charge is 2.36. The molecule has 2 aromatic rings. The van der Waals surface area contributed by atoms with Crippen molar-refractivity contribution >= 4 is 20.0 Å². The van der Waals surface area contributed by atoms with Gasteiger partial charge in [0, 0.05) is 0 Å². The van der Waals surface area contributed by atoms with E-state index in [-0.39, 0.29) is 0 Å². The van der Waals surface area contributed by atoms with Crippen LogP contribution in [0.5, 0.6) is 0 Å². The summed E-state index contributed by atoms with van der Waals surface area (Å²) < 4.78 is 115. The van der Waals surface area contributed by atoms with Crippen LogP contribution in [0.1, 0.15) is 5.56 Å². The molecule has 0 fully saturated rings. The number of halogens is 5. The second-order valence-electron chi connectivity index (χ2n) is 4.80. The van der Waals surface area contributed by atoms with Gasteiger partial charge in [-0.1, -0.05) is 17.7 Å². The zero-order valence-electron chi connectivity index (χ0n) is 12.1. The van der Waals surface area contributed by atoms with Crippen LogP contribution in [0.15, 0.2) is 34.1 Å². The molecular weight excluding hydrogens is 393 g/mol. The maximum atomic E-state index is 13.6. The van der Waals surface area contributed by atoms with E-state index < -0.39 is 58.9 Å². The van der Waals surface area contributed by atoms with Gasteiger partial charge in [0.1, 0.15) is 0 Å². The summed E-state index contributed by atoms with van der Waals surface area (Å²) in [6, 6.07) is 4.59. The molecule has 0 radical (unpaired) electrons. The number of nitrogens with one attached hydrogen (secondary N) is 1. The lowest BCUT2D eigenvalue weighted by molar-refractivity contribution is 0.357. The van der Waals surface area contributed by atoms with Gasteiger partial charge in [-0.3, -0.25) is 0 Å². The number of rotatable bonds is 4. The van der Waals surface area contributed by atoms with Crippen LogP contribution < -0.4 is 4.13 Å². The van der Waals surface area contributed by atoms with Gasteiger partial charge in [0.2, 0.25) is 5.82 Å². The predicted octanol–water partition coefficient (Wildman–Crippen LogP) is 2.36. The van der Waals surface area contributed by atoms with E-state index >= 15 is 0 Å². The van der Waals surface area contributed by atoms with E-state index in [2.05, 4.69) is 0 Å². The third-order valence-corrected chi connectivity index (χ3v) is 6.53. The highest BCUT2D eigenvalue weighted by molar-refractivity contribution is 8.04. The fourth-order valence-corrected chi connectivity index (χ4v) is 4.79. The molecule has 5 nitrogen and oxygen atoms in total. The van der Waals surface area contributed by atoms with Gasteiger partial charge in [-0.05, 0) is 19.1 Å². The van der Waals surface area contributed by atoms with Crippen molar-refractivity contribution in [2.75, 3.05) is 0 Å². The van der Waals surface area contributed by atoms with Crippen LogP contribution in [0.4, 0.5) is 22.0 Å². The monoisotopic (exact) mass is 401 g/mol. The van der Waals surface area contributed by atoms with Crippen molar-refractivity contribution in [2.45, 2.75) is 16.7 Å². The lowest BCUT2D eigenvalue weighted by atomic mass is 10.2. The SMILES string of the molecule is Cc1ccc(S(=O)(=O)NS(=O)(=O)c2c(F)c(F)c(F)c(F)c2F)cc1. The zero-order chi connectivity index (χ0) is 19.2. The quantitative estimate of drug-likeness (QED) is 0.485. The molecule has 2 rings (SSSR count). The van der Waals surface area contributed by atoms with Gasteiger partial charge in [-0.25, -0.2) is 38.8 Å². The van der Waals surface area contributed by atoms with Gasteiger partial charge in [0.05, 0.1) is 4.90 Å². The van der Waals surface area contributed by atoms with E-state index in [9.17, 15) is 38.8 Å². The number of sulfonamides is 2. The molecule has 2 aromatic carbocycles. The summed E-state index contributed by atoms with van der Waals surface area (Å²) in [5, 5.41) is 0. The van der Waals surface area contributed by atoms with Gasteiger partial charge in [-0.15, -0.1) is 4.13 Å². The summed E-state index contributed by atoms with van der Waals surface area (Å²) in [5.74, 6) is -13.0. The summed E-state index contributed by atoms with van der Waals surface area (Å²) in [4.78, 5) is -2.88. The second kappa shape index (κ2) is 6.35. The molecule has 12 heteroatoms. The Morgan fingerprint density at radius 3 is 1.52 bits per heavy atom. The third kappa shape index (κ3) is 3.50. The first kappa shape index (κ1) is 19.3. The summed E-state index contributed by atoms with van der Waals surface area (Å²) in [6.07, 6.45) is 0. The van der Waals surface area contributed by atoms with Gasteiger partial charge < -0.3 is 0 Å². The minimum absolute atomic E-state index is 0.592. The first-order valence-electron chi connectivity index (χ1n) is 6.25. The average Bonchev–Trinajstić information content (AvgIpc) is 2.50. The predicted molar refractivity (Wildman–Crippen MR) is 74.9 cm³/mol. The normalized spacial score (nSPS) is 12.4. The first-order chi connectivity index (χ1) is 11.4. The van der Waals surface area contributed by atoms with Gasteiger partial charge in [0.15, 0.2) is 28.2 Å². The smallest absolute Gasteiger partial charge is 0.206 e. The van der Waals surface area contributed by atoms with Gasteiger partial charge in [-0.2, -0.15) is 0 Å². The van der Waals surface area contributed by atoms with E-state index in [0.717, 1.165) is 16.3 Å². The van der Waals surface area contributed by atoms with Crippen LogP contribution in [0.3, 0.4) is 0 Å². The minimum atomic E-state index is -5.63. The van der Waals surface area contributed by atoms with E-state index in [0.29, 0.717) is 5.56 Å². The van der Waals surface area contributed by atoms with Crippen molar-refractivity contribution in [1.82, 2.24) is 4.13 Å². The lowest BCUT2D eigenvalue weighted by Gasteiger charge is -2.11. The number of aryl methyl sites for hydroxylation is 1. The molecule has 0 saturated heterocycles. The molecule has 0 heterocycles. The van der Waals surface area contributed by atoms with E-state index in [1.165, 1.54) is 12.1 Å². The Labute approximate surface area is 139 Å². The first-order valence-corrected chi connectivity index (χ1v) is 9.22. The molecular formula is C13H8F5NO4S2. The highest BCUT2D eigenvalue weighted by Crippen LogP contribution is 2.27. The molecule has 0 aliphatic rings. The van der Waals surface area contributed by atoms with Gasteiger partial charge in [0.25, 0.3) is 20.0 Å². The van der Waals surface area contributed by atoms with Crippen molar-refractivity contribution in [1.29, 1.82) is 0 Å². The van der Waals surface area contributed by atoms with Gasteiger partial charge >= 0.3 is 0 Å². The summed E-state index contributed by atoms with van der Waals surface area (Å²) >= 11 is 0. The highest BCUT2D eigenvalue weighted by atomic mass is 32.3. The number of hydrogen-bond acceptors (Lipinski definition) is 4. The average molecular weight is 401 g/mol. The third-order valence-electron chi connectivity index (χ3n) is 2.99. The van der Waals surface area contributed by atoms with Crippen molar-refractivity contribution in [3.8, 4) is 0 Å². The Balaban J connectivity index is 2.59. The Morgan fingerprint density at radius 2 is 1.08 bits per heavy atom. The Bertz CT molecular complexity index is 1020. The fraction of sp³-hybridized carbons (Fsp3) is 0.0769. The molecule has 0 aliphatic carbocycles. The minimum Gasteiger partial charge on any atom is -0.206 e. The van der Waals surface area contributed by atoms with Crippen LogP contribution in [0, 0.1) is 36.0 Å².